The van der Waals surface area contributed by atoms with Gasteiger partial charge in [-0.3, -0.25) is 0 Å². The Kier molecular flexibility index (Phi) is 9.70. The first kappa shape index (κ1) is 9.96. The second-order valence-electron chi connectivity index (χ2n) is 0.470. The standard InChI is InChI=1S/C2H4O3.Ba/c1-5-2(3)4;/h1H3,(H,3,4);. The van der Waals surface area contributed by atoms with Crippen molar-refractivity contribution in [2.24, 2.45) is 0 Å². The summed E-state index contributed by atoms with van der Waals surface area (Å²) in [6.45, 7) is 0. The summed E-state index contributed by atoms with van der Waals surface area (Å²) >= 11 is 0. The topological polar surface area (TPSA) is 46.5 Å². The van der Waals surface area contributed by atoms with Crippen molar-refractivity contribution in [1.29, 1.82) is 0 Å². The molecular formula is C2H4BaO3. The van der Waals surface area contributed by atoms with E-state index in [9.17, 15) is 0 Å². The van der Waals surface area contributed by atoms with Crippen LogP contribution in [0.5, 0.6) is 0 Å². The largest absolute Gasteiger partial charge is 0.505 e. The first-order valence-corrected chi connectivity index (χ1v) is 1.04. The summed E-state index contributed by atoms with van der Waals surface area (Å²) in [5, 5.41) is 7.50. The minimum absolute atomic E-state index is 0. The average Bonchev–Trinajstić information content (AvgIpc) is 1.38. The van der Waals surface area contributed by atoms with E-state index in [0.717, 1.165) is 7.11 Å². The van der Waals surface area contributed by atoms with Crippen LogP contribution in [0.2, 0.25) is 0 Å². The number of hydrogen-bond donors (Lipinski definition) is 1. The summed E-state index contributed by atoms with van der Waals surface area (Å²) in [4.78, 5) is 9.15. The Labute approximate surface area is 75.7 Å². The van der Waals surface area contributed by atoms with Crippen LogP contribution < -0.4 is 0 Å². The van der Waals surface area contributed by atoms with Gasteiger partial charge in [0, 0.05) is 48.9 Å². The van der Waals surface area contributed by atoms with E-state index in [1.165, 1.54) is 0 Å². The van der Waals surface area contributed by atoms with E-state index in [-0.39, 0.29) is 48.9 Å². The molecule has 0 saturated carbocycles. The van der Waals surface area contributed by atoms with Crippen LogP contribution in [0.15, 0.2) is 0 Å². The van der Waals surface area contributed by atoms with Gasteiger partial charge in [0.1, 0.15) is 0 Å². The number of methoxy groups -OCH3 is 1. The smallest absolute Gasteiger partial charge is 0.450 e. The summed E-state index contributed by atoms with van der Waals surface area (Å²) in [5.74, 6) is 0. The Morgan fingerprint density at radius 3 is 2.00 bits per heavy atom. The van der Waals surface area contributed by atoms with Crippen molar-refractivity contribution >= 4 is 55.0 Å². The molecule has 0 aliphatic rings. The fourth-order valence-corrected chi connectivity index (χ4v) is 0. The van der Waals surface area contributed by atoms with Crippen molar-refractivity contribution in [3.63, 3.8) is 0 Å². The number of hydrogen-bond acceptors (Lipinski definition) is 2. The molecule has 0 amide bonds. The van der Waals surface area contributed by atoms with Gasteiger partial charge in [0.15, 0.2) is 0 Å². The monoisotopic (exact) mass is 214 g/mol. The summed E-state index contributed by atoms with van der Waals surface area (Å²) in [5.41, 5.74) is 0. The zero-order chi connectivity index (χ0) is 4.28. The Hall–Kier alpha value is 0.841. The van der Waals surface area contributed by atoms with Crippen LogP contribution in [0.3, 0.4) is 0 Å². The SMILES string of the molecule is COC(=O)O.[Ba]. The minimum atomic E-state index is -1.25. The van der Waals surface area contributed by atoms with Gasteiger partial charge in [-0.1, -0.05) is 0 Å². The van der Waals surface area contributed by atoms with Gasteiger partial charge in [-0.25, -0.2) is 4.79 Å². The molecular weight excluding hydrogens is 209 g/mol. The predicted molar refractivity (Wildman–Crippen MR) is 20.8 cm³/mol. The van der Waals surface area contributed by atoms with E-state index < -0.39 is 6.16 Å². The zero-order valence-corrected chi connectivity index (χ0v) is 7.91. The van der Waals surface area contributed by atoms with Crippen molar-refractivity contribution in [3.8, 4) is 0 Å². The number of rotatable bonds is 0. The van der Waals surface area contributed by atoms with Gasteiger partial charge in [0.2, 0.25) is 0 Å². The third-order valence-electron chi connectivity index (χ3n) is 0.175. The van der Waals surface area contributed by atoms with Crippen LogP contribution in [0, 0.1) is 0 Å². The number of carbonyl (C=O) groups is 1. The van der Waals surface area contributed by atoms with Gasteiger partial charge in [-0.15, -0.1) is 0 Å². The molecule has 0 fully saturated rings. The van der Waals surface area contributed by atoms with Gasteiger partial charge in [-0.05, 0) is 0 Å². The Morgan fingerprint density at radius 1 is 1.83 bits per heavy atom. The molecule has 3 nitrogen and oxygen atoms in total. The van der Waals surface area contributed by atoms with E-state index in [1.54, 1.807) is 0 Å². The Bertz CT molecular complexity index is 44.1. The molecule has 0 aromatic carbocycles. The summed E-state index contributed by atoms with van der Waals surface area (Å²) in [6, 6.07) is 0. The van der Waals surface area contributed by atoms with Crippen LogP contribution in [0.25, 0.3) is 0 Å². The van der Waals surface area contributed by atoms with Crippen molar-refractivity contribution < 1.29 is 14.6 Å². The third kappa shape index (κ3) is 8.85. The maximum absolute atomic E-state index is 9.15. The van der Waals surface area contributed by atoms with E-state index in [1.807, 2.05) is 0 Å². The second-order valence-corrected chi connectivity index (χ2v) is 0.470. The van der Waals surface area contributed by atoms with Gasteiger partial charge >= 0.3 is 6.16 Å². The van der Waals surface area contributed by atoms with Crippen LogP contribution >= 0.6 is 0 Å². The molecule has 0 rings (SSSR count). The molecule has 0 bridgehead atoms. The fraction of sp³-hybridized carbons (Fsp3) is 0.500. The van der Waals surface area contributed by atoms with E-state index >= 15 is 0 Å². The number of carboxylic acid groups (broad SMARTS) is 1. The van der Waals surface area contributed by atoms with Crippen LogP contribution in [0.4, 0.5) is 4.79 Å². The molecule has 0 unspecified atom stereocenters. The van der Waals surface area contributed by atoms with Gasteiger partial charge in [-0.2, -0.15) is 0 Å². The quantitative estimate of drug-likeness (QED) is 0.453. The molecule has 0 spiro atoms. The molecule has 1 N–H and O–H groups in total. The molecule has 0 atom stereocenters. The van der Waals surface area contributed by atoms with Crippen molar-refractivity contribution in [1.82, 2.24) is 0 Å². The molecule has 6 heavy (non-hydrogen) atoms. The Balaban J connectivity index is 0. The molecule has 2 radical (unpaired) electrons. The normalized spacial score (nSPS) is 5.50. The molecule has 0 aromatic rings. The molecule has 32 valence electrons. The summed E-state index contributed by atoms with van der Waals surface area (Å²) in [7, 11) is 1.10. The van der Waals surface area contributed by atoms with Crippen LogP contribution in [-0.4, -0.2) is 67.3 Å². The van der Waals surface area contributed by atoms with Crippen molar-refractivity contribution in [2.75, 3.05) is 7.11 Å². The molecule has 0 aromatic heterocycles. The summed E-state index contributed by atoms with van der Waals surface area (Å²) < 4.78 is 3.67. The van der Waals surface area contributed by atoms with E-state index in [0.29, 0.717) is 0 Å². The van der Waals surface area contributed by atoms with Gasteiger partial charge < -0.3 is 9.84 Å². The molecule has 0 saturated heterocycles. The second kappa shape index (κ2) is 5.84. The average molecular weight is 213 g/mol. The first-order valence-electron chi connectivity index (χ1n) is 1.04. The summed E-state index contributed by atoms with van der Waals surface area (Å²) in [6.07, 6.45) is -1.25. The van der Waals surface area contributed by atoms with Crippen LogP contribution in [-0.2, 0) is 4.74 Å². The predicted octanol–water partition coefficient (Wildman–Crippen LogP) is -0.0700. The van der Waals surface area contributed by atoms with E-state index in [2.05, 4.69) is 4.74 Å². The van der Waals surface area contributed by atoms with Crippen molar-refractivity contribution in [3.05, 3.63) is 0 Å². The van der Waals surface area contributed by atoms with Gasteiger partial charge in [0.25, 0.3) is 0 Å². The van der Waals surface area contributed by atoms with Crippen molar-refractivity contribution in [2.45, 2.75) is 0 Å². The zero-order valence-electron chi connectivity index (χ0n) is 3.47. The van der Waals surface area contributed by atoms with E-state index in [4.69, 9.17) is 9.90 Å². The molecule has 4 heteroatoms. The fourth-order valence-electron chi connectivity index (χ4n) is 0. The number of ether oxygens (including phenoxy) is 1. The minimum Gasteiger partial charge on any atom is -0.450 e. The van der Waals surface area contributed by atoms with Crippen LogP contribution in [0.1, 0.15) is 0 Å². The Morgan fingerprint density at radius 2 is 2.00 bits per heavy atom. The third-order valence-corrected chi connectivity index (χ3v) is 0.175. The molecule has 0 aliphatic heterocycles. The molecule has 0 aliphatic carbocycles. The maximum atomic E-state index is 9.15. The molecule has 0 heterocycles. The van der Waals surface area contributed by atoms with Gasteiger partial charge in [0.05, 0.1) is 7.11 Å². The maximum Gasteiger partial charge on any atom is 0.505 e. The first-order chi connectivity index (χ1) is 2.27.